The van der Waals surface area contributed by atoms with Gasteiger partial charge in [0.2, 0.25) is 0 Å². The lowest BCUT2D eigenvalue weighted by molar-refractivity contribution is -0.560. The van der Waals surface area contributed by atoms with Gasteiger partial charge in [-0.05, 0) is 39.8 Å². The molecule has 1 aromatic rings. The summed E-state index contributed by atoms with van der Waals surface area (Å²) in [6.07, 6.45) is 0. The molecule has 7 nitrogen and oxygen atoms in total. The minimum Gasteiger partial charge on any atom is -0.622 e. The third-order valence-electron chi connectivity index (χ3n) is 3.93. The highest BCUT2D eigenvalue weighted by molar-refractivity contribution is 6.04. The van der Waals surface area contributed by atoms with E-state index < -0.39 is 11.2 Å². The van der Waals surface area contributed by atoms with Crippen LogP contribution in [0.15, 0.2) is 21.7 Å². The normalized spacial score (nSPS) is 27.4. The molecule has 20 heavy (non-hydrogen) atoms. The summed E-state index contributed by atoms with van der Waals surface area (Å²) in [5, 5.41) is 36.0. The molecule has 0 fully saturated rings. The number of hydrogen-bond donors (Lipinski definition) is 2. The fourth-order valence-corrected chi connectivity index (χ4v) is 2.56. The predicted octanol–water partition coefficient (Wildman–Crippen LogP) is 1.94. The highest BCUT2D eigenvalue weighted by Crippen LogP contribution is 2.36. The van der Waals surface area contributed by atoms with Crippen LogP contribution in [0.3, 0.4) is 0 Å². The summed E-state index contributed by atoms with van der Waals surface area (Å²) in [6.45, 7) is 8.12. The van der Waals surface area contributed by atoms with Crippen LogP contribution in [0.4, 0.5) is 0 Å². The van der Waals surface area contributed by atoms with Gasteiger partial charge in [-0.1, -0.05) is 5.16 Å². The summed E-state index contributed by atoms with van der Waals surface area (Å²) >= 11 is 0. The topological polar surface area (TPSA) is 95.3 Å². The van der Waals surface area contributed by atoms with E-state index in [1.807, 2.05) is 0 Å². The molecule has 110 valence electrons. The summed E-state index contributed by atoms with van der Waals surface area (Å²) in [5.41, 5.74) is -2.12. The summed E-state index contributed by atoms with van der Waals surface area (Å²) in [5.74, 6) is 1.05. The van der Waals surface area contributed by atoms with E-state index >= 15 is 0 Å². The van der Waals surface area contributed by atoms with E-state index in [2.05, 4.69) is 5.16 Å². The Morgan fingerprint density at radius 3 is 2.45 bits per heavy atom. The average molecular weight is 281 g/mol. The van der Waals surface area contributed by atoms with Crippen LogP contribution in [0, 0.1) is 12.1 Å². The average Bonchev–Trinajstić information content (AvgIpc) is 2.85. The molecular weight excluding hydrogens is 262 g/mol. The number of oxime groups is 1. The van der Waals surface area contributed by atoms with Crippen LogP contribution in [-0.2, 0) is 0 Å². The molecule has 0 bridgehead atoms. The first kappa shape index (κ1) is 14.5. The van der Waals surface area contributed by atoms with E-state index in [4.69, 9.17) is 9.62 Å². The van der Waals surface area contributed by atoms with Crippen molar-refractivity contribution < 1.29 is 19.6 Å². The van der Waals surface area contributed by atoms with Gasteiger partial charge >= 0.3 is 0 Å². The van der Waals surface area contributed by atoms with Crippen molar-refractivity contribution >= 4 is 11.4 Å². The third-order valence-corrected chi connectivity index (χ3v) is 3.93. The Balaban J connectivity index is 2.70. The third kappa shape index (κ3) is 1.66. The number of rotatable bonds is 2. The van der Waals surface area contributed by atoms with E-state index in [1.165, 1.54) is 13.8 Å². The van der Waals surface area contributed by atoms with E-state index in [0.29, 0.717) is 16.3 Å². The first-order valence-electron chi connectivity index (χ1n) is 6.27. The van der Waals surface area contributed by atoms with Crippen LogP contribution in [0.5, 0.6) is 0 Å². The molecule has 0 aliphatic carbocycles. The number of hydrogen-bond acceptors (Lipinski definition) is 6. The van der Waals surface area contributed by atoms with Crippen LogP contribution in [-0.4, -0.2) is 42.8 Å². The molecule has 7 heteroatoms. The van der Waals surface area contributed by atoms with Crippen LogP contribution in [0.25, 0.3) is 0 Å². The van der Waals surface area contributed by atoms with Crippen molar-refractivity contribution in [1.29, 1.82) is 0 Å². The number of aryl methyl sites for hydroxylation is 1. The summed E-state index contributed by atoms with van der Waals surface area (Å²) < 4.78 is 6.13. The standard InChI is InChI=1S/C13H19N3O4/c1-8-6-7-10(20-8)11-12(3,4)16(19)13(5,15(11)18)9(2)14-17/h6-7,17,19H,1-5H3/b14-9-/t13-/m0/s1. The van der Waals surface area contributed by atoms with E-state index in [0.717, 1.165) is 5.06 Å². The second kappa shape index (κ2) is 4.32. The van der Waals surface area contributed by atoms with Gasteiger partial charge < -0.3 is 20.0 Å². The van der Waals surface area contributed by atoms with Crippen LogP contribution >= 0.6 is 0 Å². The summed E-state index contributed by atoms with van der Waals surface area (Å²) in [7, 11) is 0. The molecule has 1 aromatic heterocycles. The van der Waals surface area contributed by atoms with Gasteiger partial charge in [0.05, 0.1) is 0 Å². The molecule has 1 aliphatic rings. The quantitative estimate of drug-likeness (QED) is 0.284. The molecule has 2 rings (SSSR count). The molecule has 0 saturated carbocycles. The largest absolute Gasteiger partial charge is 0.622 e. The summed E-state index contributed by atoms with van der Waals surface area (Å²) in [4.78, 5) is 0. The lowest BCUT2D eigenvalue weighted by atomic mass is 9.96. The van der Waals surface area contributed by atoms with Gasteiger partial charge in [0.25, 0.3) is 11.4 Å². The maximum atomic E-state index is 12.7. The van der Waals surface area contributed by atoms with Crippen molar-refractivity contribution in [2.75, 3.05) is 0 Å². The molecule has 0 radical (unpaired) electrons. The monoisotopic (exact) mass is 281 g/mol. The number of furan rings is 1. The second-order valence-corrected chi connectivity index (χ2v) is 5.63. The minimum atomic E-state index is -1.49. The fraction of sp³-hybridized carbons (Fsp3) is 0.538. The van der Waals surface area contributed by atoms with E-state index in [9.17, 15) is 10.4 Å². The lowest BCUT2D eigenvalue weighted by Crippen LogP contribution is -2.57. The molecule has 2 N–H and O–H groups in total. The Kier molecular flexibility index (Phi) is 3.14. The zero-order valence-electron chi connectivity index (χ0n) is 12.2. The van der Waals surface area contributed by atoms with Gasteiger partial charge in [0.1, 0.15) is 17.0 Å². The Hall–Kier alpha value is -1.86. The molecule has 0 saturated heterocycles. The Morgan fingerprint density at radius 2 is 2.00 bits per heavy atom. The van der Waals surface area contributed by atoms with Gasteiger partial charge in [-0.25, -0.2) is 0 Å². The van der Waals surface area contributed by atoms with Gasteiger partial charge in [0.15, 0.2) is 5.76 Å². The zero-order chi connectivity index (χ0) is 15.3. The molecular formula is C13H19N3O4. The van der Waals surface area contributed by atoms with Crippen molar-refractivity contribution in [1.82, 2.24) is 5.06 Å². The SMILES string of the molecule is C/C(=N/O)[C@]1(C)N(O)C(C)(C)C(c2ccc(C)o2)=[N+]1[O-]. The lowest BCUT2D eigenvalue weighted by Gasteiger charge is -2.31. The summed E-state index contributed by atoms with van der Waals surface area (Å²) in [6, 6.07) is 3.43. The van der Waals surface area contributed by atoms with Crippen molar-refractivity contribution in [3.8, 4) is 0 Å². The first-order valence-corrected chi connectivity index (χ1v) is 6.27. The fourth-order valence-electron chi connectivity index (χ4n) is 2.56. The van der Waals surface area contributed by atoms with E-state index in [1.54, 1.807) is 32.9 Å². The molecule has 0 aromatic carbocycles. The molecule has 1 atom stereocenters. The zero-order valence-corrected chi connectivity index (χ0v) is 12.2. The molecule has 0 unspecified atom stereocenters. The molecule has 2 heterocycles. The Bertz CT molecular complexity index is 603. The highest BCUT2D eigenvalue weighted by atomic mass is 16.6. The molecule has 1 aliphatic heterocycles. The number of nitrogens with zero attached hydrogens (tertiary/aromatic N) is 3. The van der Waals surface area contributed by atoms with Crippen LogP contribution in [0.2, 0.25) is 0 Å². The van der Waals surface area contributed by atoms with Crippen molar-refractivity contribution in [3.05, 3.63) is 28.9 Å². The smallest absolute Gasteiger partial charge is 0.290 e. The molecule has 0 amide bonds. The maximum absolute atomic E-state index is 12.7. The Labute approximate surface area is 117 Å². The van der Waals surface area contributed by atoms with Gasteiger partial charge in [-0.15, -0.1) is 5.06 Å². The number of hydroxylamine groups is 3. The van der Waals surface area contributed by atoms with Crippen molar-refractivity contribution in [2.45, 2.75) is 45.8 Å². The van der Waals surface area contributed by atoms with Gasteiger partial charge in [0, 0.05) is 6.92 Å². The maximum Gasteiger partial charge on any atom is 0.290 e. The van der Waals surface area contributed by atoms with Crippen molar-refractivity contribution in [3.63, 3.8) is 0 Å². The van der Waals surface area contributed by atoms with Gasteiger partial charge in [-0.3, -0.25) is 0 Å². The van der Waals surface area contributed by atoms with Gasteiger partial charge in [-0.2, -0.15) is 4.74 Å². The molecule has 0 spiro atoms. The van der Waals surface area contributed by atoms with Crippen LogP contribution < -0.4 is 0 Å². The predicted molar refractivity (Wildman–Crippen MR) is 72.2 cm³/mol. The van der Waals surface area contributed by atoms with Crippen molar-refractivity contribution in [2.24, 2.45) is 5.16 Å². The Morgan fingerprint density at radius 1 is 1.40 bits per heavy atom. The minimum absolute atomic E-state index is 0.0846. The van der Waals surface area contributed by atoms with E-state index in [-0.39, 0.29) is 11.4 Å². The van der Waals surface area contributed by atoms with Crippen LogP contribution in [0.1, 0.15) is 39.2 Å². The first-order chi connectivity index (χ1) is 9.17. The highest BCUT2D eigenvalue weighted by Gasteiger charge is 2.62. The second-order valence-electron chi connectivity index (χ2n) is 5.63.